The van der Waals surface area contributed by atoms with Gasteiger partial charge in [0.2, 0.25) is 11.8 Å². The summed E-state index contributed by atoms with van der Waals surface area (Å²) in [5.41, 5.74) is 4.58. The van der Waals surface area contributed by atoms with Crippen LogP contribution in [0.25, 0.3) is 84.7 Å². The smallest absolute Gasteiger partial charge is 0.331 e. The Balaban J connectivity index is 0.000000163. The quantitative estimate of drug-likeness (QED) is 0.0529. The van der Waals surface area contributed by atoms with Crippen LogP contribution < -0.4 is 5.32 Å². The number of aliphatic carboxylic acids is 1. The summed E-state index contributed by atoms with van der Waals surface area (Å²) in [6.45, 7) is 23.7. The number of nitrogens with zero attached hydrogens (tertiary/aromatic N) is 8. The van der Waals surface area contributed by atoms with Crippen molar-refractivity contribution in [2.24, 2.45) is 0 Å². The number of benzene rings is 6. The molecule has 3 saturated carbocycles. The summed E-state index contributed by atoms with van der Waals surface area (Å²) < 4.78 is 33.2. The van der Waals surface area contributed by atoms with Crippen LogP contribution in [-0.2, 0) is 50.1 Å². The number of esters is 2. The minimum absolute atomic E-state index is 0.0999. The number of halogens is 9. The van der Waals surface area contributed by atoms with Gasteiger partial charge in [0.25, 0.3) is 17.7 Å². The van der Waals surface area contributed by atoms with Gasteiger partial charge in [0.15, 0.2) is 17.3 Å². The van der Waals surface area contributed by atoms with Gasteiger partial charge in [-0.2, -0.15) is 0 Å². The molecule has 0 aliphatic heterocycles. The van der Waals surface area contributed by atoms with Crippen LogP contribution in [0.15, 0.2) is 167 Å². The highest BCUT2D eigenvalue weighted by molar-refractivity contribution is 6.44. The second kappa shape index (κ2) is 37.1. The molecule has 3 aliphatic carbocycles. The number of likely N-dealkylation sites (N-methyl/N-ethyl adjacent to an activating group) is 2. The fraction of sp³-hybridized carbons (Fsp3) is 0.274. The van der Waals surface area contributed by atoms with E-state index in [9.17, 15) is 38.4 Å². The molecule has 3 fully saturated rings. The van der Waals surface area contributed by atoms with E-state index >= 15 is 0 Å². The number of carboxylic acid groups (broad SMARTS) is 1. The van der Waals surface area contributed by atoms with Crippen molar-refractivity contribution in [1.29, 1.82) is 0 Å². The molecule has 23 nitrogen and oxygen atoms in total. The number of carboxylic acids is 1. The molecule has 6 aromatic carbocycles. The summed E-state index contributed by atoms with van der Waals surface area (Å²) in [6, 6.07) is 25.4. The van der Waals surface area contributed by atoms with E-state index < -0.39 is 57.5 Å². The van der Waals surface area contributed by atoms with Gasteiger partial charge in [-0.25, -0.2) is 14.4 Å². The summed E-state index contributed by atoms with van der Waals surface area (Å²) in [5, 5.41) is 30.0. The Labute approximate surface area is 776 Å². The Morgan fingerprint density at radius 3 is 0.992 bits per heavy atom. The molecule has 0 radical (unpaired) electrons. The van der Waals surface area contributed by atoms with Crippen molar-refractivity contribution in [3.05, 3.63) is 266 Å². The lowest BCUT2D eigenvalue weighted by Gasteiger charge is -2.46. The average Bonchev–Trinajstić information content (AvgIpc) is 1.61. The Morgan fingerprint density at radius 2 is 0.740 bits per heavy atom. The number of hydrogen-bond acceptors (Lipinski definition) is 17. The van der Waals surface area contributed by atoms with Crippen molar-refractivity contribution in [3.63, 3.8) is 0 Å². The zero-order valence-corrected chi connectivity index (χ0v) is 77.8. The number of hydrogen-bond donors (Lipinski definition) is 2. The summed E-state index contributed by atoms with van der Waals surface area (Å²) in [5.74, 6) is -3.07. The maximum absolute atomic E-state index is 14.8. The number of aromatic nitrogens is 6. The first-order chi connectivity index (χ1) is 60.0. The van der Waals surface area contributed by atoms with Gasteiger partial charge in [0.1, 0.15) is 56.1 Å². The van der Waals surface area contributed by atoms with Crippen LogP contribution in [0.5, 0.6) is 0 Å². The normalized spacial score (nSPS) is 14.5. The molecule has 12 aromatic rings. The third-order valence-corrected chi connectivity index (χ3v) is 25.3. The second-order valence-corrected chi connectivity index (χ2v) is 36.9. The lowest BCUT2D eigenvalue weighted by Crippen LogP contribution is -2.51. The summed E-state index contributed by atoms with van der Waals surface area (Å²) in [4.78, 5) is 108. The summed E-state index contributed by atoms with van der Waals surface area (Å²) in [7, 11) is 5.13. The van der Waals surface area contributed by atoms with E-state index in [-0.39, 0.29) is 104 Å². The molecule has 0 bridgehead atoms. The van der Waals surface area contributed by atoms with Gasteiger partial charge in [-0.15, -0.1) is 0 Å². The van der Waals surface area contributed by atoms with E-state index in [0.29, 0.717) is 79.6 Å². The van der Waals surface area contributed by atoms with Gasteiger partial charge >= 0.3 is 17.9 Å². The van der Waals surface area contributed by atoms with Gasteiger partial charge in [0.05, 0.1) is 52.2 Å². The third-order valence-electron chi connectivity index (χ3n) is 22.9. The van der Waals surface area contributed by atoms with E-state index in [0.717, 1.165) is 76.8 Å². The first kappa shape index (κ1) is 93.8. The number of nitrogens with one attached hydrogen (secondary N) is 1. The van der Waals surface area contributed by atoms with E-state index in [2.05, 4.69) is 33.9 Å². The van der Waals surface area contributed by atoms with Crippen LogP contribution in [0.2, 0.25) is 45.2 Å². The van der Waals surface area contributed by atoms with Gasteiger partial charge < -0.3 is 43.3 Å². The van der Waals surface area contributed by atoms with Crippen molar-refractivity contribution < 1.29 is 66.5 Å². The molecule has 658 valence electrons. The van der Waals surface area contributed by atoms with Crippen LogP contribution in [0.3, 0.4) is 0 Å². The Morgan fingerprint density at radius 1 is 0.457 bits per heavy atom. The molecule has 0 spiro atoms. The highest BCUT2D eigenvalue weighted by atomic mass is 35.5. The summed E-state index contributed by atoms with van der Waals surface area (Å²) >= 11 is 58.1. The lowest BCUT2D eigenvalue weighted by atomic mass is 9.72. The molecule has 0 atom stereocenters. The molecular formula is C95H86Cl9N9O14. The Kier molecular flexibility index (Phi) is 27.4. The number of amides is 2. The predicted molar refractivity (Wildman–Crippen MR) is 498 cm³/mol. The fourth-order valence-corrected chi connectivity index (χ4v) is 19.5. The third kappa shape index (κ3) is 18.3. The zero-order chi connectivity index (χ0) is 92.2. The van der Waals surface area contributed by atoms with E-state index in [1.807, 2.05) is 78.9 Å². The van der Waals surface area contributed by atoms with Crippen LogP contribution in [-0.4, -0.2) is 124 Å². The number of ether oxygens (including phenoxy) is 2. The van der Waals surface area contributed by atoms with Crippen LogP contribution >= 0.6 is 104 Å². The average molecular weight is 1900 g/mol. The van der Waals surface area contributed by atoms with E-state index in [1.165, 1.54) is 73.6 Å². The molecule has 6 heterocycles. The molecule has 127 heavy (non-hydrogen) atoms. The van der Waals surface area contributed by atoms with Crippen LogP contribution in [0.4, 0.5) is 0 Å². The standard InChI is InChI=1S/C34H32Cl3N3O5.C31H30Cl3N3O4.C30H24Cl3N3O5/c1-7-25(41)39(6)34(14-9-15-34)31-29(30(38-45-31)28-22(36)16-21(35)17-23(28)37)32(43)40-18-19(2)27-20(10-8-11-24(27)40)12-13-26(42)44-33(3,4)5;1-17-16-37(22-9-6-8-18(24(17)22)10-11-23(38)40-30(2,3)4)29(39)26-27(25-20(33)14-19(32)15-21(25)34)36-41-28(26)31(35-5)12-7-13-31;1-4-22(37)35(3)30(11-6-12-30)28-26(27(34-41-28)25-19(32)13-18(31)14-20(25)33)29(40)36-15-16(2)24-17(9-10-23(38)39)7-5-8-21(24)36/h7-8,10-13,16-18H,1,9,14-15H2,2-6H3;6,8-11,14-16,35H,7,12-13H2,1-5H3;4-5,7-10,13-15H,1,6,11-12H2,2-3H3,(H,38,39)/b13-12+;11-10+;10-9+. The van der Waals surface area contributed by atoms with Crippen LogP contribution in [0, 0.1) is 20.8 Å². The van der Waals surface area contributed by atoms with Crippen molar-refractivity contribution in [3.8, 4) is 33.8 Å². The summed E-state index contributed by atoms with van der Waals surface area (Å²) in [6.07, 6.45) is 22.6. The highest BCUT2D eigenvalue weighted by Gasteiger charge is 2.53. The molecule has 2 amide bonds. The first-order valence-corrected chi connectivity index (χ1v) is 43.6. The second-order valence-electron chi connectivity index (χ2n) is 33.2. The van der Waals surface area contributed by atoms with Crippen molar-refractivity contribution >= 4 is 203 Å². The molecule has 0 unspecified atom stereocenters. The molecule has 3 aliphatic rings. The lowest BCUT2D eigenvalue weighted by molar-refractivity contribution is -0.149. The highest BCUT2D eigenvalue weighted by Crippen LogP contribution is 2.54. The van der Waals surface area contributed by atoms with E-state index in [4.69, 9.17) is 133 Å². The van der Waals surface area contributed by atoms with Crippen molar-refractivity contribution in [2.75, 3.05) is 21.1 Å². The monoisotopic (exact) mass is 1890 g/mol. The van der Waals surface area contributed by atoms with Crippen LogP contribution in [0.1, 0.15) is 181 Å². The van der Waals surface area contributed by atoms with Gasteiger partial charge in [0, 0.05) is 98.8 Å². The molecule has 0 saturated heterocycles. The number of carbonyl (C=O) groups excluding carboxylic acids is 7. The maximum Gasteiger partial charge on any atom is 0.331 e. The molecule has 15 rings (SSSR count). The van der Waals surface area contributed by atoms with Gasteiger partial charge in [-0.1, -0.05) is 169 Å². The fourth-order valence-electron chi connectivity index (χ4n) is 16.5. The maximum atomic E-state index is 14.8. The Hall–Kier alpha value is -10.8. The Bertz CT molecular complexity index is 6550. The van der Waals surface area contributed by atoms with Gasteiger partial charge in [-0.05, 0) is 246 Å². The minimum atomic E-state index is -1.09. The first-order valence-electron chi connectivity index (χ1n) is 40.2. The van der Waals surface area contributed by atoms with Gasteiger partial charge in [-0.3, -0.25) is 37.7 Å². The molecule has 2 N–H and O–H groups in total. The number of carbonyl (C=O) groups is 8. The molecule has 6 aromatic heterocycles. The molecular weight excluding hydrogens is 1810 g/mol. The predicted octanol–water partition coefficient (Wildman–Crippen LogP) is 24.2. The number of fused-ring (bicyclic) bond motifs is 3. The SMILES string of the molecule is C=CC(=O)N(C)C1(c2onc(-c3c(Cl)cc(Cl)cc3Cl)c2C(=O)n2cc(C)c3c(/C=C/C(=O)O)cccc32)CCC1.C=CC(=O)N(C)C1(c2onc(-c3c(Cl)cc(Cl)cc3Cl)c2C(=O)n2cc(C)c3c(/C=C/C(=O)OC(C)(C)C)cccc32)CCC1.CNC1(c2onc(-c3c(Cl)cc(Cl)cc3Cl)c2C(=O)n2cc(C)c3c(/C=C/C(=O)OC(C)(C)C)cccc32)CCC1. The largest absolute Gasteiger partial charge is 0.478 e. The van der Waals surface area contributed by atoms with E-state index in [1.54, 1.807) is 107 Å². The topological polar surface area (TPSA) is 287 Å². The van der Waals surface area contributed by atoms with Crippen molar-refractivity contribution in [1.82, 2.24) is 44.3 Å². The molecule has 32 heteroatoms. The number of rotatable bonds is 20. The van der Waals surface area contributed by atoms with Crippen molar-refractivity contribution in [2.45, 2.75) is 148 Å². The number of aryl methyl sites for hydroxylation is 3. The zero-order valence-electron chi connectivity index (χ0n) is 71.0. The minimum Gasteiger partial charge on any atom is -0.478 e.